The van der Waals surface area contributed by atoms with Crippen LogP contribution in [0.2, 0.25) is 0 Å². The second kappa shape index (κ2) is 2.39. The Balaban J connectivity index is 0. The van der Waals surface area contributed by atoms with Gasteiger partial charge in [-0.15, -0.1) is 12.4 Å². The van der Waals surface area contributed by atoms with E-state index in [9.17, 15) is 8.42 Å². The molecule has 0 aromatic carbocycles. The summed E-state index contributed by atoms with van der Waals surface area (Å²) >= 11 is 0. The Hall–Kier alpha value is 0.200. The molecule has 0 fully saturated rings. The third kappa shape index (κ3) is 1080. The molecule has 0 aromatic heterocycles. The fourth-order valence-corrected chi connectivity index (χ4v) is 0. The van der Waals surface area contributed by atoms with Crippen molar-refractivity contribution in [2.75, 3.05) is 6.26 Å². The van der Waals surface area contributed by atoms with E-state index in [4.69, 9.17) is 0 Å². The SMILES string of the molecule is CS(N)(=O)=O.Cl. The lowest BCUT2D eigenvalue weighted by Crippen LogP contribution is -2.07. The highest BCUT2D eigenvalue weighted by Crippen LogP contribution is 1.52. The van der Waals surface area contributed by atoms with Crippen molar-refractivity contribution >= 4 is 22.4 Å². The van der Waals surface area contributed by atoms with Gasteiger partial charge in [0.05, 0.1) is 6.26 Å². The second-order valence-corrected chi connectivity index (χ2v) is 2.49. The lowest BCUT2D eigenvalue weighted by Gasteiger charge is -1.71. The second-order valence-electron chi connectivity index (χ2n) is 0.830. The summed E-state index contributed by atoms with van der Waals surface area (Å²) in [7, 11) is -3.17. The maximum absolute atomic E-state index is 9.41. The number of sulfonamides is 1. The summed E-state index contributed by atoms with van der Waals surface area (Å²) in [5.74, 6) is 0. The fourth-order valence-electron chi connectivity index (χ4n) is 0. The van der Waals surface area contributed by atoms with Crippen molar-refractivity contribution in [3.8, 4) is 0 Å². The first-order chi connectivity index (χ1) is 2.00. The van der Waals surface area contributed by atoms with Crippen LogP contribution in [-0.4, -0.2) is 14.7 Å². The van der Waals surface area contributed by atoms with E-state index < -0.39 is 10.0 Å². The molecule has 0 amide bonds. The predicted molar refractivity (Wildman–Crippen MR) is 26.3 cm³/mol. The molecule has 3 nitrogen and oxygen atoms in total. The molecule has 0 saturated carbocycles. The van der Waals surface area contributed by atoms with Crippen LogP contribution in [0.3, 0.4) is 0 Å². The first-order valence-electron chi connectivity index (χ1n) is 0.977. The molecule has 0 radical (unpaired) electrons. The normalized spacial score (nSPS) is 9.67. The fraction of sp³-hybridized carbons (Fsp3) is 1.00. The van der Waals surface area contributed by atoms with E-state index in [1.165, 1.54) is 0 Å². The molecule has 40 valence electrons. The topological polar surface area (TPSA) is 60.2 Å². The summed E-state index contributed by atoms with van der Waals surface area (Å²) in [5.41, 5.74) is 0. The van der Waals surface area contributed by atoms with Crippen molar-refractivity contribution in [1.82, 2.24) is 0 Å². The molecule has 0 aromatic rings. The molecule has 0 rings (SSSR count). The minimum Gasteiger partial charge on any atom is -0.229 e. The van der Waals surface area contributed by atoms with E-state index in [-0.39, 0.29) is 12.4 Å². The molecule has 2 N–H and O–H groups in total. The van der Waals surface area contributed by atoms with Crippen LogP contribution in [0.25, 0.3) is 0 Å². The number of hydrogen-bond acceptors (Lipinski definition) is 2. The Kier molecular flexibility index (Phi) is 3.78. The summed E-state index contributed by atoms with van der Waals surface area (Å²) in [4.78, 5) is 0. The van der Waals surface area contributed by atoms with E-state index >= 15 is 0 Å². The van der Waals surface area contributed by atoms with Crippen LogP contribution in [-0.2, 0) is 10.0 Å². The zero-order chi connectivity index (χ0) is 4.50. The third-order valence-corrected chi connectivity index (χ3v) is 0. The smallest absolute Gasteiger partial charge is 0.206 e. The molecule has 0 heterocycles. The molecule has 5 heteroatoms. The first kappa shape index (κ1) is 9.50. The van der Waals surface area contributed by atoms with Gasteiger partial charge in [-0.25, -0.2) is 13.6 Å². The number of primary sulfonamides is 1. The lowest BCUT2D eigenvalue weighted by atomic mass is 12.0. The molecule has 6 heavy (non-hydrogen) atoms. The summed E-state index contributed by atoms with van der Waals surface area (Å²) in [6, 6.07) is 0. The molecule has 0 bridgehead atoms. The van der Waals surface area contributed by atoms with Crippen molar-refractivity contribution in [2.24, 2.45) is 5.14 Å². The molecule has 0 unspecified atom stereocenters. The molecular weight excluding hydrogens is 126 g/mol. The van der Waals surface area contributed by atoms with Crippen molar-refractivity contribution in [3.63, 3.8) is 0 Å². The van der Waals surface area contributed by atoms with Gasteiger partial charge < -0.3 is 0 Å². The van der Waals surface area contributed by atoms with Crippen LogP contribution in [0.5, 0.6) is 0 Å². The van der Waals surface area contributed by atoms with Crippen LogP contribution in [0.15, 0.2) is 0 Å². The molecule has 0 atom stereocenters. The van der Waals surface area contributed by atoms with Gasteiger partial charge in [0.25, 0.3) is 0 Å². The largest absolute Gasteiger partial charge is 0.229 e. The molecular formula is CH6ClNO2S. The quantitative estimate of drug-likeness (QED) is 0.474. The van der Waals surface area contributed by atoms with Gasteiger partial charge >= 0.3 is 0 Å². The summed E-state index contributed by atoms with van der Waals surface area (Å²) in [6.45, 7) is 0. The minimum absolute atomic E-state index is 0. The van der Waals surface area contributed by atoms with E-state index in [2.05, 4.69) is 5.14 Å². The Morgan fingerprint density at radius 1 is 1.50 bits per heavy atom. The van der Waals surface area contributed by atoms with Gasteiger partial charge in [-0.05, 0) is 0 Å². The standard InChI is InChI=1S/CH5NO2S.ClH/c1-5(2,3)4;/h1H3,(H2,2,3,4);1H. The average molecular weight is 132 g/mol. The zero-order valence-electron chi connectivity index (χ0n) is 3.21. The summed E-state index contributed by atoms with van der Waals surface area (Å²) < 4.78 is 18.8. The third-order valence-electron chi connectivity index (χ3n) is 0. The Morgan fingerprint density at radius 3 is 1.50 bits per heavy atom. The number of hydrogen-bond donors (Lipinski definition) is 1. The van der Waals surface area contributed by atoms with Crippen molar-refractivity contribution in [1.29, 1.82) is 0 Å². The van der Waals surface area contributed by atoms with Gasteiger partial charge in [0.2, 0.25) is 10.0 Å². The monoisotopic (exact) mass is 131 g/mol. The van der Waals surface area contributed by atoms with Crippen molar-refractivity contribution in [3.05, 3.63) is 0 Å². The zero-order valence-corrected chi connectivity index (χ0v) is 4.84. The predicted octanol–water partition coefficient (Wildman–Crippen LogP) is -0.673. The van der Waals surface area contributed by atoms with Gasteiger partial charge in [0, 0.05) is 0 Å². The van der Waals surface area contributed by atoms with Crippen molar-refractivity contribution < 1.29 is 8.42 Å². The van der Waals surface area contributed by atoms with Gasteiger partial charge in [-0.3, -0.25) is 0 Å². The van der Waals surface area contributed by atoms with Crippen LogP contribution < -0.4 is 5.14 Å². The molecule has 0 aliphatic rings. The van der Waals surface area contributed by atoms with Crippen LogP contribution in [0, 0.1) is 0 Å². The Morgan fingerprint density at radius 2 is 1.50 bits per heavy atom. The molecule has 0 saturated heterocycles. The number of halogens is 1. The van der Waals surface area contributed by atoms with Crippen molar-refractivity contribution in [2.45, 2.75) is 0 Å². The number of nitrogens with two attached hydrogens (primary N) is 1. The van der Waals surface area contributed by atoms with Gasteiger partial charge in [-0.1, -0.05) is 0 Å². The van der Waals surface area contributed by atoms with Crippen LogP contribution >= 0.6 is 12.4 Å². The van der Waals surface area contributed by atoms with E-state index in [0.717, 1.165) is 6.26 Å². The lowest BCUT2D eigenvalue weighted by molar-refractivity contribution is 0.603. The number of rotatable bonds is 0. The average Bonchev–Trinajstić information content (AvgIpc) is 0.722. The maximum atomic E-state index is 9.41. The van der Waals surface area contributed by atoms with E-state index in [1.54, 1.807) is 0 Å². The van der Waals surface area contributed by atoms with Gasteiger partial charge in [0.1, 0.15) is 0 Å². The van der Waals surface area contributed by atoms with E-state index in [0.29, 0.717) is 0 Å². The molecule has 0 spiro atoms. The highest BCUT2D eigenvalue weighted by Gasteiger charge is 1.78. The first-order valence-corrected chi connectivity index (χ1v) is 2.93. The molecule has 0 aliphatic carbocycles. The Bertz CT molecular complexity index is 96.7. The van der Waals surface area contributed by atoms with Gasteiger partial charge in [-0.2, -0.15) is 0 Å². The van der Waals surface area contributed by atoms with Crippen LogP contribution in [0.1, 0.15) is 0 Å². The highest BCUT2D eigenvalue weighted by atomic mass is 35.5. The summed E-state index contributed by atoms with van der Waals surface area (Å²) in [5, 5.41) is 4.33. The molecule has 0 aliphatic heterocycles. The highest BCUT2D eigenvalue weighted by molar-refractivity contribution is 7.88. The Labute approximate surface area is 43.0 Å². The van der Waals surface area contributed by atoms with Gasteiger partial charge in [0.15, 0.2) is 0 Å². The summed E-state index contributed by atoms with van der Waals surface area (Å²) in [6.07, 6.45) is 0.938. The maximum Gasteiger partial charge on any atom is 0.206 e. The van der Waals surface area contributed by atoms with Crippen LogP contribution in [0.4, 0.5) is 0 Å². The minimum atomic E-state index is -3.17. The van der Waals surface area contributed by atoms with E-state index in [1.807, 2.05) is 0 Å².